The predicted molar refractivity (Wildman–Crippen MR) is 93.7 cm³/mol. The second-order valence-corrected chi connectivity index (χ2v) is 6.34. The number of hydrogen-bond donors (Lipinski definition) is 1. The normalized spacial score (nSPS) is 18.5. The molecule has 5 heteroatoms. The molecule has 1 N–H and O–H groups in total. The molecule has 1 aromatic heterocycles. The number of fused-ring (bicyclic) bond motifs is 1. The Kier molecular flexibility index (Phi) is 4.75. The molecule has 1 amide bonds. The van der Waals surface area contributed by atoms with Crippen molar-refractivity contribution in [3.8, 4) is 5.75 Å². The molecule has 0 unspecified atom stereocenters. The maximum absolute atomic E-state index is 12.7. The zero-order valence-corrected chi connectivity index (χ0v) is 14.2. The minimum Gasteiger partial charge on any atom is -0.494 e. The molecule has 0 bridgehead atoms. The number of nitrogens with one attached hydrogen (secondary N) is 1. The summed E-state index contributed by atoms with van der Waals surface area (Å²) in [5.74, 6) is 0.795. The van der Waals surface area contributed by atoms with Crippen LogP contribution >= 0.6 is 0 Å². The lowest BCUT2D eigenvalue weighted by Crippen LogP contribution is -2.38. The summed E-state index contributed by atoms with van der Waals surface area (Å²) in [7, 11) is 0. The van der Waals surface area contributed by atoms with Gasteiger partial charge < -0.3 is 9.72 Å². The minimum atomic E-state index is -0.271. The summed E-state index contributed by atoms with van der Waals surface area (Å²) in [6.45, 7) is 12.5. The molecular weight excluding hydrogens is 302 g/mol. The van der Waals surface area contributed by atoms with Crippen molar-refractivity contribution >= 4 is 16.8 Å². The number of rotatable bonds is 5. The lowest BCUT2D eigenvalue weighted by atomic mass is 9.99. The summed E-state index contributed by atoms with van der Waals surface area (Å²) in [5.41, 5.74) is 2.17. The number of aromatic nitrogens is 1. The first kappa shape index (κ1) is 16.4. The molecule has 0 aliphatic carbocycles. The first-order chi connectivity index (χ1) is 11.6. The molecule has 2 aromatic rings. The predicted octanol–water partition coefficient (Wildman–Crippen LogP) is 3.61. The van der Waals surface area contributed by atoms with Gasteiger partial charge in [0.25, 0.3) is 0 Å². The van der Waals surface area contributed by atoms with Gasteiger partial charge in [-0.25, -0.2) is 6.57 Å². The zero-order chi connectivity index (χ0) is 17.1. The molecule has 1 aromatic carbocycles. The number of H-pyrrole nitrogens is 1. The van der Waals surface area contributed by atoms with Crippen LogP contribution in [0.15, 0.2) is 24.4 Å². The van der Waals surface area contributed by atoms with Gasteiger partial charge in [-0.05, 0) is 43.5 Å². The number of carbonyl (C=O) groups is 1. The van der Waals surface area contributed by atoms with Gasteiger partial charge in [0.15, 0.2) is 0 Å². The highest BCUT2D eigenvalue weighted by Crippen LogP contribution is 2.27. The molecule has 0 saturated carbocycles. The monoisotopic (exact) mass is 325 g/mol. The van der Waals surface area contributed by atoms with Gasteiger partial charge in [0.05, 0.1) is 6.61 Å². The quantitative estimate of drug-likeness (QED) is 0.854. The van der Waals surface area contributed by atoms with E-state index in [0.717, 1.165) is 35.1 Å². The van der Waals surface area contributed by atoms with Gasteiger partial charge >= 0.3 is 6.17 Å². The molecule has 126 valence electrons. The highest BCUT2D eigenvalue weighted by Gasteiger charge is 2.35. The molecule has 1 fully saturated rings. The average molecular weight is 325 g/mol. The molecule has 1 saturated heterocycles. The summed E-state index contributed by atoms with van der Waals surface area (Å²) in [4.78, 5) is 21.3. The highest BCUT2D eigenvalue weighted by molar-refractivity contribution is 5.86. The van der Waals surface area contributed by atoms with Crippen molar-refractivity contribution in [1.29, 1.82) is 0 Å². The van der Waals surface area contributed by atoms with E-state index in [0.29, 0.717) is 19.6 Å². The van der Waals surface area contributed by atoms with E-state index >= 15 is 0 Å². The van der Waals surface area contributed by atoms with Crippen LogP contribution in [0.2, 0.25) is 0 Å². The van der Waals surface area contributed by atoms with Gasteiger partial charge in [-0.15, -0.1) is 0 Å². The Balaban J connectivity index is 1.77. The molecule has 0 radical (unpaired) electrons. The van der Waals surface area contributed by atoms with E-state index in [4.69, 9.17) is 11.3 Å². The summed E-state index contributed by atoms with van der Waals surface area (Å²) < 4.78 is 5.58. The van der Waals surface area contributed by atoms with Gasteiger partial charge in [-0.3, -0.25) is 14.5 Å². The number of aromatic amines is 1. The largest absolute Gasteiger partial charge is 0.494 e. The first-order valence-electron chi connectivity index (χ1n) is 8.54. The van der Waals surface area contributed by atoms with Crippen LogP contribution in [0.3, 0.4) is 0 Å². The van der Waals surface area contributed by atoms with E-state index in [1.165, 1.54) is 0 Å². The van der Waals surface area contributed by atoms with E-state index in [9.17, 15) is 4.79 Å². The van der Waals surface area contributed by atoms with Crippen molar-refractivity contribution in [3.63, 3.8) is 0 Å². The molecular formula is C19H23N3O2. The Bertz CT molecular complexity index is 775. The van der Waals surface area contributed by atoms with Crippen molar-refractivity contribution < 1.29 is 9.53 Å². The van der Waals surface area contributed by atoms with E-state index in [-0.39, 0.29) is 18.0 Å². The lowest BCUT2D eigenvalue weighted by Gasteiger charge is -2.20. The van der Waals surface area contributed by atoms with Crippen LogP contribution in [0, 0.1) is 12.5 Å². The second kappa shape index (κ2) is 6.96. The number of nitrogens with zero attached hydrogens (tertiary/aromatic N) is 2. The average Bonchev–Trinajstić information content (AvgIpc) is 3.21. The molecule has 2 atom stereocenters. The zero-order valence-electron chi connectivity index (χ0n) is 14.2. The molecule has 0 spiro atoms. The van der Waals surface area contributed by atoms with Crippen LogP contribution in [-0.4, -0.2) is 35.1 Å². The summed E-state index contributed by atoms with van der Waals surface area (Å²) in [6, 6.07) is 5.98. The topological polar surface area (TPSA) is 49.7 Å². The Labute approximate surface area is 142 Å². The van der Waals surface area contributed by atoms with Crippen molar-refractivity contribution in [2.75, 3.05) is 13.2 Å². The van der Waals surface area contributed by atoms with E-state index in [1.807, 2.05) is 38.2 Å². The van der Waals surface area contributed by atoms with Crippen molar-refractivity contribution in [1.82, 2.24) is 9.88 Å². The number of amides is 1. The lowest BCUT2D eigenvalue weighted by molar-refractivity contribution is -0.135. The maximum Gasteiger partial charge on any atom is 0.300 e. The number of carbonyl (C=O) groups excluding carboxylic acids is 1. The number of benzene rings is 1. The fourth-order valence-electron chi connectivity index (χ4n) is 3.42. The maximum atomic E-state index is 12.7. The van der Waals surface area contributed by atoms with Crippen LogP contribution < -0.4 is 4.74 Å². The van der Waals surface area contributed by atoms with Gasteiger partial charge in [0.2, 0.25) is 5.91 Å². The van der Waals surface area contributed by atoms with Gasteiger partial charge in [0, 0.05) is 36.0 Å². The Morgan fingerprint density at radius 1 is 1.54 bits per heavy atom. The molecule has 2 heterocycles. The SMILES string of the molecule is [C-]#[N+][C@@H]1CCCN1C(=O)[C@@H](C)Cc1c[nH]c2ccc(OCC)cc12. The first-order valence-corrected chi connectivity index (χ1v) is 8.54. The second-order valence-electron chi connectivity index (χ2n) is 6.34. The van der Waals surface area contributed by atoms with E-state index in [2.05, 4.69) is 9.83 Å². The molecule has 1 aliphatic heterocycles. The summed E-state index contributed by atoms with van der Waals surface area (Å²) in [6.07, 6.45) is 4.09. The number of ether oxygens (including phenoxy) is 1. The fraction of sp³-hybridized carbons (Fsp3) is 0.474. The van der Waals surface area contributed by atoms with Crippen LogP contribution in [0.5, 0.6) is 5.75 Å². The van der Waals surface area contributed by atoms with Crippen molar-refractivity contribution in [2.45, 2.75) is 39.3 Å². The minimum absolute atomic E-state index is 0.0869. The van der Waals surface area contributed by atoms with Gasteiger partial charge in [-0.2, -0.15) is 0 Å². The highest BCUT2D eigenvalue weighted by atomic mass is 16.5. The molecule has 3 rings (SSSR count). The van der Waals surface area contributed by atoms with E-state index < -0.39 is 0 Å². The molecule has 24 heavy (non-hydrogen) atoms. The van der Waals surface area contributed by atoms with Crippen LogP contribution in [0.4, 0.5) is 0 Å². The third-order valence-corrected chi connectivity index (χ3v) is 4.65. The molecule has 1 aliphatic rings. The van der Waals surface area contributed by atoms with E-state index in [1.54, 1.807) is 4.90 Å². The third kappa shape index (κ3) is 3.09. The Morgan fingerprint density at radius 2 is 2.38 bits per heavy atom. The fourth-order valence-corrected chi connectivity index (χ4v) is 3.42. The van der Waals surface area contributed by atoms with Crippen molar-refractivity contribution in [2.24, 2.45) is 5.92 Å². The van der Waals surface area contributed by atoms with Crippen LogP contribution in [0.1, 0.15) is 32.3 Å². The number of hydrogen-bond acceptors (Lipinski definition) is 2. The third-order valence-electron chi connectivity index (χ3n) is 4.65. The van der Waals surface area contributed by atoms with Crippen LogP contribution in [0.25, 0.3) is 15.7 Å². The summed E-state index contributed by atoms with van der Waals surface area (Å²) in [5, 5.41) is 1.10. The number of likely N-dealkylation sites (tertiary alicyclic amines) is 1. The smallest absolute Gasteiger partial charge is 0.300 e. The standard InChI is InChI=1S/C19H23N3O2/c1-4-24-15-7-8-17-16(11-15)14(12-21-17)10-13(2)19(23)22-9-5-6-18(22)20-3/h7-8,11-13,18,21H,4-6,9-10H2,1-2H3/t13-,18-/m0/s1. The molecule has 5 nitrogen and oxygen atoms in total. The van der Waals surface area contributed by atoms with Crippen molar-refractivity contribution in [3.05, 3.63) is 41.4 Å². The van der Waals surface area contributed by atoms with Gasteiger partial charge in [-0.1, -0.05) is 6.92 Å². The van der Waals surface area contributed by atoms with Crippen LogP contribution in [-0.2, 0) is 11.2 Å². The summed E-state index contributed by atoms with van der Waals surface area (Å²) >= 11 is 0. The Hall–Kier alpha value is -2.48. The Morgan fingerprint density at radius 3 is 3.12 bits per heavy atom. The van der Waals surface area contributed by atoms with Gasteiger partial charge in [0.1, 0.15) is 5.75 Å².